The van der Waals surface area contributed by atoms with E-state index in [0.717, 1.165) is 5.30 Å². The molecule has 2 aromatic rings. The molecule has 2 nitrogen and oxygen atoms in total. The average Bonchev–Trinajstić information content (AvgIpc) is 2.31. The van der Waals surface area contributed by atoms with Crippen molar-refractivity contribution in [3.8, 4) is 5.75 Å². The Morgan fingerprint density at radius 3 is 1.88 bits per heavy atom. The largest absolute Gasteiger partial charge is 0.442 e. The molecule has 2 aromatic carbocycles. The normalized spacial score (nSPS) is 11.2. The number of hydrogen-bond donors (Lipinski definition) is 0. The summed E-state index contributed by atoms with van der Waals surface area (Å²) >= 11 is 0. The van der Waals surface area contributed by atoms with Gasteiger partial charge in [-0.1, -0.05) is 36.4 Å². The molecule has 0 radical (unpaired) electrons. The molecule has 0 aliphatic heterocycles. The summed E-state index contributed by atoms with van der Waals surface area (Å²) in [5.74, 6) is 0.644. The Bertz CT molecular complexity index is 445. The maximum atomic E-state index is 11.8. The van der Waals surface area contributed by atoms with E-state index in [-0.39, 0.29) is 16.5 Å². The maximum Gasteiger partial charge on any atom is 0.265 e. The van der Waals surface area contributed by atoms with Crippen LogP contribution in [-0.2, 0) is 21.1 Å². The third-order valence-corrected chi connectivity index (χ3v) is 3.19. The van der Waals surface area contributed by atoms with Crippen molar-refractivity contribution in [3.05, 3.63) is 60.7 Å². The van der Waals surface area contributed by atoms with Crippen molar-refractivity contribution in [2.75, 3.05) is 0 Å². The van der Waals surface area contributed by atoms with Crippen LogP contribution in [0.4, 0.5) is 0 Å². The summed E-state index contributed by atoms with van der Waals surface area (Å²) in [6, 6.07) is 18.4. The predicted octanol–water partition coefficient (Wildman–Crippen LogP) is 2.86. The van der Waals surface area contributed by atoms with Crippen LogP contribution < -0.4 is 9.83 Å². The van der Waals surface area contributed by atoms with E-state index in [4.69, 9.17) is 4.52 Å². The van der Waals surface area contributed by atoms with E-state index in [1.54, 1.807) is 12.1 Å². The van der Waals surface area contributed by atoms with Gasteiger partial charge in [-0.25, -0.2) is 0 Å². The molecule has 0 fully saturated rings. The van der Waals surface area contributed by atoms with E-state index in [2.05, 4.69) is 0 Å². The quantitative estimate of drug-likeness (QED) is 0.637. The third-order valence-electron chi connectivity index (χ3n) is 1.96. The minimum atomic E-state index is -2.17. The fraction of sp³-hybridized carbons (Fsp3) is 0. The van der Waals surface area contributed by atoms with Crippen LogP contribution in [0.5, 0.6) is 5.75 Å². The van der Waals surface area contributed by atoms with Gasteiger partial charge in [0.1, 0.15) is 5.75 Å². The summed E-state index contributed by atoms with van der Waals surface area (Å²) in [6.45, 7) is 0. The van der Waals surface area contributed by atoms with Crippen LogP contribution in [0.15, 0.2) is 60.7 Å². The zero-order valence-corrected chi connectivity index (χ0v) is 10.4. The van der Waals surface area contributed by atoms with Crippen molar-refractivity contribution in [2.45, 2.75) is 0 Å². The summed E-state index contributed by atoms with van der Waals surface area (Å²) in [6.07, 6.45) is 0. The summed E-state index contributed by atoms with van der Waals surface area (Å²) in [7, 11) is -2.17. The maximum absolute atomic E-state index is 11.8. The Kier molecular flexibility index (Phi) is 5.31. The van der Waals surface area contributed by atoms with Crippen molar-refractivity contribution >= 4 is 13.3 Å². The Hall–Kier alpha value is -1.04. The first-order chi connectivity index (χ1) is 7.36. The van der Waals surface area contributed by atoms with Crippen molar-refractivity contribution in [3.63, 3.8) is 0 Å². The minimum Gasteiger partial charge on any atom is -0.442 e. The molecule has 0 saturated carbocycles. The van der Waals surface area contributed by atoms with Gasteiger partial charge in [0, 0.05) is 21.8 Å². The van der Waals surface area contributed by atoms with Crippen molar-refractivity contribution in [1.29, 1.82) is 0 Å². The number of rotatable bonds is 3. The second kappa shape index (κ2) is 6.53. The predicted molar refractivity (Wildman–Crippen MR) is 62.1 cm³/mol. The molecule has 16 heavy (non-hydrogen) atoms. The molecule has 0 aromatic heterocycles. The molecule has 1 unspecified atom stereocenters. The van der Waals surface area contributed by atoms with E-state index in [0.29, 0.717) is 5.75 Å². The molecule has 86 valence electrons. The van der Waals surface area contributed by atoms with Crippen molar-refractivity contribution < 1.29 is 25.6 Å². The first-order valence-electron chi connectivity index (χ1n) is 4.68. The second-order valence-electron chi connectivity index (χ2n) is 3.07. The van der Waals surface area contributed by atoms with E-state index in [1.807, 2.05) is 48.5 Å². The summed E-state index contributed by atoms with van der Waals surface area (Å²) in [4.78, 5) is 0. The molecular formula is C12H11NiO2P. The summed E-state index contributed by atoms with van der Waals surface area (Å²) in [5.41, 5.74) is 0. The number of benzene rings is 2. The average molecular weight is 277 g/mol. The first-order valence-corrected chi connectivity index (χ1v) is 6.00. The molecule has 4 heteroatoms. The topological polar surface area (TPSA) is 26.3 Å². The summed E-state index contributed by atoms with van der Waals surface area (Å²) < 4.78 is 17.1. The first kappa shape index (κ1) is 13.0. The number of para-hydroxylation sites is 1. The van der Waals surface area contributed by atoms with Gasteiger partial charge in [-0.2, -0.15) is 0 Å². The van der Waals surface area contributed by atoms with Gasteiger partial charge in [-0.05, 0) is 24.3 Å². The van der Waals surface area contributed by atoms with E-state index in [1.165, 1.54) is 0 Å². The Morgan fingerprint density at radius 2 is 1.31 bits per heavy atom. The fourth-order valence-electron chi connectivity index (χ4n) is 1.23. The van der Waals surface area contributed by atoms with Crippen molar-refractivity contribution in [2.24, 2.45) is 0 Å². The summed E-state index contributed by atoms with van der Waals surface area (Å²) in [5, 5.41) is 0.742. The van der Waals surface area contributed by atoms with Gasteiger partial charge >= 0.3 is 0 Å². The van der Waals surface area contributed by atoms with Crippen LogP contribution in [0.1, 0.15) is 0 Å². The monoisotopic (exact) mass is 276 g/mol. The van der Waals surface area contributed by atoms with Gasteiger partial charge in [0.15, 0.2) is 0 Å². The Balaban J connectivity index is 0.00000128. The molecule has 0 amide bonds. The van der Waals surface area contributed by atoms with Crippen molar-refractivity contribution in [1.82, 2.24) is 0 Å². The molecular weight excluding hydrogens is 266 g/mol. The second-order valence-corrected chi connectivity index (χ2v) is 4.42. The van der Waals surface area contributed by atoms with Gasteiger partial charge < -0.3 is 4.52 Å². The van der Waals surface area contributed by atoms with E-state index >= 15 is 0 Å². The van der Waals surface area contributed by atoms with Crippen LogP contribution in [0.25, 0.3) is 0 Å². The molecule has 0 aliphatic carbocycles. The molecule has 0 spiro atoms. The smallest absolute Gasteiger partial charge is 0.265 e. The molecule has 1 atom stereocenters. The molecule has 0 bridgehead atoms. The zero-order chi connectivity index (χ0) is 10.5. The van der Waals surface area contributed by atoms with Gasteiger partial charge in [0.25, 0.3) is 8.03 Å². The van der Waals surface area contributed by atoms with Crippen LogP contribution in [0.3, 0.4) is 0 Å². The minimum absolute atomic E-state index is 0. The van der Waals surface area contributed by atoms with Crippen LogP contribution in [-0.4, -0.2) is 0 Å². The molecule has 0 saturated heterocycles. The van der Waals surface area contributed by atoms with Gasteiger partial charge in [-0.15, -0.1) is 0 Å². The third kappa shape index (κ3) is 3.52. The van der Waals surface area contributed by atoms with E-state index < -0.39 is 8.03 Å². The number of hydrogen-bond acceptors (Lipinski definition) is 2. The van der Waals surface area contributed by atoms with Crippen LogP contribution in [0, 0.1) is 0 Å². The standard InChI is InChI=1S/C12H11O2P.Ni/c13-15(12-9-5-2-6-10-12)14-11-7-3-1-4-8-11;/h1-10,15H;. The molecule has 0 aliphatic rings. The molecule has 0 N–H and O–H groups in total. The van der Waals surface area contributed by atoms with E-state index in [9.17, 15) is 4.57 Å². The molecule has 0 heterocycles. The van der Waals surface area contributed by atoms with Crippen LogP contribution in [0.2, 0.25) is 0 Å². The zero-order valence-electron chi connectivity index (χ0n) is 8.41. The Morgan fingerprint density at radius 1 is 0.812 bits per heavy atom. The SMILES string of the molecule is O=[PH](Oc1ccccc1)c1ccccc1.[Ni]. The Labute approximate surface area is 105 Å². The van der Waals surface area contributed by atoms with Gasteiger partial charge in [0.2, 0.25) is 0 Å². The fourth-order valence-corrected chi connectivity index (χ4v) is 2.16. The van der Waals surface area contributed by atoms with Crippen LogP contribution >= 0.6 is 8.03 Å². The molecule has 2 rings (SSSR count). The van der Waals surface area contributed by atoms with Gasteiger partial charge in [-0.3, -0.25) is 4.57 Å². The van der Waals surface area contributed by atoms with Gasteiger partial charge in [0.05, 0.1) is 0 Å².